The van der Waals surface area contributed by atoms with Gasteiger partial charge in [0.15, 0.2) is 5.82 Å². The molecule has 3 rings (SSSR count). The summed E-state index contributed by atoms with van der Waals surface area (Å²) in [7, 11) is 3.22. The molecule has 1 aromatic heterocycles. The molecule has 0 atom stereocenters. The van der Waals surface area contributed by atoms with Crippen LogP contribution in [0.5, 0.6) is 11.5 Å². The number of para-hydroxylation sites is 1. The molecule has 116 valence electrons. The molecule has 2 aromatic carbocycles. The fourth-order valence-electron chi connectivity index (χ4n) is 2.18. The number of hydrazone groups is 1. The molecular weight excluding hydrogens is 292 g/mol. The maximum Gasteiger partial charge on any atom is 0.157 e. The molecule has 0 aliphatic carbocycles. The molecule has 0 fully saturated rings. The van der Waals surface area contributed by atoms with Crippen molar-refractivity contribution in [2.75, 3.05) is 19.6 Å². The largest absolute Gasteiger partial charge is 0.497 e. The second-order valence-corrected chi connectivity index (χ2v) is 4.72. The molecular formula is C17H16N4O2. The van der Waals surface area contributed by atoms with E-state index in [9.17, 15) is 0 Å². The second-order valence-electron chi connectivity index (χ2n) is 4.72. The van der Waals surface area contributed by atoms with E-state index in [1.807, 2.05) is 36.4 Å². The first-order valence-corrected chi connectivity index (χ1v) is 7.02. The summed E-state index contributed by atoms with van der Waals surface area (Å²) in [5.74, 6) is 2.07. The molecule has 0 aliphatic heterocycles. The molecule has 0 saturated carbocycles. The van der Waals surface area contributed by atoms with Gasteiger partial charge in [0.1, 0.15) is 17.8 Å². The number of nitrogens with one attached hydrogen (secondary N) is 1. The zero-order valence-corrected chi connectivity index (χ0v) is 12.9. The Kier molecular flexibility index (Phi) is 4.33. The first kappa shape index (κ1) is 14.8. The molecule has 0 amide bonds. The molecule has 23 heavy (non-hydrogen) atoms. The zero-order chi connectivity index (χ0) is 16.1. The topological polar surface area (TPSA) is 68.6 Å². The van der Waals surface area contributed by atoms with Crippen molar-refractivity contribution in [2.24, 2.45) is 5.10 Å². The Labute approximate surface area is 133 Å². The van der Waals surface area contributed by atoms with Gasteiger partial charge in [-0.05, 0) is 24.3 Å². The average molecular weight is 308 g/mol. The first-order valence-electron chi connectivity index (χ1n) is 7.02. The van der Waals surface area contributed by atoms with Gasteiger partial charge in [0, 0.05) is 17.0 Å². The number of anilines is 1. The average Bonchev–Trinajstić information content (AvgIpc) is 2.62. The van der Waals surface area contributed by atoms with E-state index >= 15 is 0 Å². The second kappa shape index (κ2) is 6.74. The highest BCUT2D eigenvalue weighted by molar-refractivity contribution is 5.89. The van der Waals surface area contributed by atoms with Crippen LogP contribution in [0, 0.1) is 0 Å². The minimum absolute atomic E-state index is 0.652. The van der Waals surface area contributed by atoms with Gasteiger partial charge < -0.3 is 9.47 Å². The minimum atomic E-state index is 0.652. The van der Waals surface area contributed by atoms with Gasteiger partial charge in [-0.2, -0.15) is 5.10 Å². The molecule has 6 heteroatoms. The third kappa shape index (κ3) is 3.21. The quantitative estimate of drug-likeness (QED) is 0.579. The number of hydrogen-bond donors (Lipinski definition) is 1. The summed E-state index contributed by atoms with van der Waals surface area (Å²) in [5.41, 5.74) is 4.64. The van der Waals surface area contributed by atoms with Crippen molar-refractivity contribution in [1.29, 1.82) is 0 Å². The lowest BCUT2D eigenvalue weighted by Gasteiger charge is -2.07. The summed E-state index contributed by atoms with van der Waals surface area (Å²) >= 11 is 0. The van der Waals surface area contributed by atoms with Crippen molar-refractivity contribution in [3.8, 4) is 11.5 Å². The van der Waals surface area contributed by atoms with Crippen molar-refractivity contribution in [3.05, 3.63) is 54.4 Å². The zero-order valence-electron chi connectivity index (χ0n) is 12.9. The molecule has 0 spiro atoms. The van der Waals surface area contributed by atoms with Gasteiger partial charge in [0.2, 0.25) is 0 Å². The van der Waals surface area contributed by atoms with Gasteiger partial charge in [-0.15, -0.1) is 0 Å². The SMILES string of the molecule is COc1ccc(C=NNc2ncnc3ccccc23)c(OC)c1. The van der Waals surface area contributed by atoms with E-state index in [-0.39, 0.29) is 0 Å². The maximum absolute atomic E-state index is 5.34. The van der Waals surface area contributed by atoms with Crippen LogP contribution in [-0.2, 0) is 0 Å². The van der Waals surface area contributed by atoms with Crippen LogP contribution in [0.15, 0.2) is 53.9 Å². The molecule has 0 aliphatic rings. The molecule has 3 aromatic rings. The van der Waals surface area contributed by atoms with Gasteiger partial charge in [-0.3, -0.25) is 5.43 Å². The smallest absolute Gasteiger partial charge is 0.157 e. The maximum atomic E-state index is 5.34. The first-order chi connectivity index (χ1) is 11.3. The molecule has 0 unspecified atom stereocenters. The number of fused-ring (bicyclic) bond motifs is 1. The number of hydrogen-bond acceptors (Lipinski definition) is 6. The van der Waals surface area contributed by atoms with Gasteiger partial charge in [-0.25, -0.2) is 9.97 Å². The lowest BCUT2D eigenvalue weighted by atomic mass is 10.2. The van der Waals surface area contributed by atoms with E-state index in [0.29, 0.717) is 11.6 Å². The molecule has 0 bridgehead atoms. The third-order valence-electron chi connectivity index (χ3n) is 3.36. The Balaban J connectivity index is 1.83. The normalized spacial score (nSPS) is 10.9. The Morgan fingerprint density at radius 3 is 2.74 bits per heavy atom. The predicted octanol–water partition coefficient (Wildman–Crippen LogP) is 3.09. The van der Waals surface area contributed by atoms with E-state index in [2.05, 4.69) is 20.5 Å². The lowest BCUT2D eigenvalue weighted by molar-refractivity contribution is 0.394. The van der Waals surface area contributed by atoms with Crippen molar-refractivity contribution in [3.63, 3.8) is 0 Å². The summed E-state index contributed by atoms with van der Waals surface area (Å²) in [6, 6.07) is 13.3. The van der Waals surface area contributed by atoms with E-state index in [1.54, 1.807) is 26.5 Å². The Hall–Kier alpha value is -3.15. The summed E-state index contributed by atoms with van der Waals surface area (Å²) < 4.78 is 10.5. The van der Waals surface area contributed by atoms with Crippen molar-refractivity contribution >= 4 is 22.9 Å². The predicted molar refractivity (Wildman–Crippen MR) is 90.3 cm³/mol. The number of ether oxygens (including phenoxy) is 2. The fourth-order valence-corrected chi connectivity index (χ4v) is 2.18. The molecule has 1 heterocycles. The van der Waals surface area contributed by atoms with Crippen molar-refractivity contribution < 1.29 is 9.47 Å². The molecule has 6 nitrogen and oxygen atoms in total. The lowest BCUT2D eigenvalue weighted by Crippen LogP contribution is -1.97. The number of benzene rings is 2. The van der Waals surface area contributed by atoms with Crippen LogP contribution in [-0.4, -0.2) is 30.4 Å². The van der Waals surface area contributed by atoms with Gasteiger partial charge >= 0.3 is 0 Å². The van der Waals surface area contributed by atoms with E-state index < -0.39 is 0 Å². The van der Waals surface area contributed by atoms with E-state index in [0.717, 1.165) is 22.2 Å². The molecule has 0 radical (unpaired) electrons. The summed E-state index contributed by atoms with van der Waals surface area (Å²) in [6.45, 7) is 0. The third-order valence-corrected chi connectivity index (χ3v) is 3.36. The number of nitrogens with zero attached hydrogens (tertiary/aromatic N) is 3. The van der Waals surface area contributed by atoms with Crippen molar-refractivity contribution in [2.45, 2.75) is 0 Å². The van der Waals surface area contributed by atoms with Crippen LogP contribution in [0.2, 0.25) is 0 Å². The van der Waals surface area contributed by atoms with E-state index in [1.165, 1.54) is 6.33 Å². The van der Waals surface area contributed by atoms with Gasteiger partial charge in [-0.1, -0.05) is 12.1 Å². The van der Waals surface area contributed by atoms with Gasteiger partial charge in [0.25, 0.3) is 0 Å². The summed E-state index contributed by atoms with van der Waals surface area (Å²) in [4.78, 5) is 8.44. The Bertz CT molecular complexity index is 844. The number of methoxy groups -OCH3 is 2. The van der Waals surface area contributed by atoms with Gasteiger partial charge in [0.05, 0.1) is 26.0 Å². The van der Waals surface area contributed by atoms with Crippen LogP contribution >= 0.6 is 0 Å². The summed E-state index contributed by atoms with van der Waals surface area (Å²) in [5, 5.41) is 5.15. The standard InChI is InChI=1S/C17H16N4O2/c1-22-13-8-7-12(16(9-13)23-2)10-20-21-17-14-5-3-4-6-15(14)18-11-19-17/h3-11H,1-2H3,(H,18,19,21). The highest BCUT2D eigenvalue weighted by Gasteiger charge is 2.04. The Morgan fingerprint density at radius 2 is 1.91 bits per heavy atom. The molecule has 0 saturated heterocycles. The van der Waals surface area contributed by atoms with Crippen LogP contribution in [0.4, 0.5) is 5.82 Å². The highest BCUT2D eigenvalue weighted by atomic mass is 16.5. The van der Waals surface area contributed by atoms with E-state index in [4.69, 9.17) is 9.47 Å². The number of rotatable bonds is 5. The van der Waals surface area contributed by atoms with Crippen LogP contribution in [0.3, 0.4) is 0 Å². The van der Waals surface area contributed by atoms with Crippen LogP contribution < -0.4 is 14.9 Å². The fraction of sp³-hybridized carbons (Fsp3) is 0.118. The highest BCUT2D eigenvalue weighted by Crippen LogP contribution is 2.23. The van der Waals surface area contributed by atoms with Crippen molar-refractivity contribution in [1.82, 2.24) is 9.97 Å². The molecule has 1 N–H and O–H groups in total. The van der Waals surface area contributed by atoms with Crippen LogP contribution in [0.1, 0.15) is 5.56 Å². The van der Waals surface area contributed by atoms with Crippen LogP contribution in [0.25, 0.3) is 10.9 Å². The summed E-state index contributed by atoms with van der Waals surface area (Å²) in [6.07, 6.45) is 3.18. The number of aromatic nitrogens is 2. The minimum Gasteiger partial charge on any atom is -0.497 e. The monoisotopic (exact) mass is 308 g/mol. The Morgan fingerprint density at radius 1 is 1.04 bits per heavy atom.